The van der Waals surface area contributed by atoms with Crippen molar-refractivity contribution in [3.8, 4) is 0 Å². The van der Waals surface area contributed by atoms with Crippen molar-refractivity contribution < 1.29 is 10.2 Å². The maximum atomic E-state index is 9.69. The molecule has 5 N–H and O–H groups in total. The molecule has 1 heterocycles. The highest BCUT2D eigenvalue weighted by atomic mass is 16.3. The highest BCUT2D eigenvalue weighted by Gasteiger charge is 2.19. The van der Waals surface area contributed by atoms with Crippen LogP contribution < -0.4 is 11.1 Å². The lowest BCUT2D eigenvalue weighted by Crippen LogP contribution is -2.37. The van der Waals surface area contributed by atoms with Gasteiger partial charge in [0.2, 0.25) is 0 Å². The third-order valence-electron chi connectivity index (χ3n) is 2.57. The van der Waals surface area contributed by atoms with Gasteiger partial charge in [0.1, 0.15) is 5.60 Å². The van der Waals surface area contributed by atoms with E-state index in [1.165, 1.54) is 6.92 Å². The van der Waals surface area contributed by atoms with Gasteiger partial charge in [-0.25, -0.2) is 9.97 Å². The molecule has 18 heavy (non-hydrogen) atoms. The molecule has 0 fully saturated rings. The summed E-state index contributed by atoms with van der Waals surface area (Å²) >= 11 is 0. The minimum atomic E-state index is -1.22. The van der Waals surface area contributed by atoms with Gasteiger partial charge in [0.15, 0.2) is 11.6 Å². The number of anilines is 2. The monoisotopic (exact) mass is 248 g/mol. The van der Waals surface area contributed by atoms with Crippen LogP contribution in [0.4, 0.5) is 11.6 Å². The Morgan fingerprint density at radius 2 is 1.89 bits per heavy atom. The van der Waals surface area contributed by atoms with Crippen molar-refractivity contribution >= 4 is 22.7 Å². The van der Waals surface area contributed by atoms with Gasteiger partial charge in [-0.2, -0.15) is 0 Å². The van der Waals surface area contributed by atoms with E-state index >= 15 is 0 Å². The number of rotatable bonds is 4. The van der Waals surface area contributed by atoms with Crippen LogP contribution >= 0.6 is 0 Å². The molecule has 0 radical (unpaired) electrons. The summed E-state index contributed by atoms with van der Waals surface area (Å²) < 4.78 is 0. The summed E-state index contributed by atoms with van der Waals surface area (Å²) in [5.74, 6) is 0.671. The lowest BCUT2D eigenvalue weighted by molar-refractivity contribution is 0.0132. The van der Waals surface area contributed by atoms with E-state index < -0.39 is 5.60 Å². The molecule has 6 heteroatoms. The van der Waals surface area contributed by atoms with Crippen LogP contribution in [0.3, 0.4) is 0 Å². The molecule has 1 unspecified atom stereocenters. The first kappa shape index (κ1) is 12.5. The van der Waals surface area contributed by atoms with E-state index in [0.29, 0.717) is 5.82 Å². The van der Waals surface area contributed by atoms with Gasteiger partial charge >= 0.3 is 0 Å². The molecule has 0 aliphatic heterocycles. The fourth-order valence-electron chi connectivity index (χ4n) is 1.47. The van der Waals surface area contributed by atoms with Gasteiger partial charge in [0.25, 0.3) is 0 Å². The minimum absolute atomic E-state index is 0.140. The maximum absolute atomic E-state index is 9.69. The molecule has 0 spiro atoms. The topological polar surface area (TPSA) is 104 Å². The molecule has 2 aromatic rings. The third kappa shape index (κ3) is 2.66. The van der Waals surface area contributed by atoms with Crippen LogP contribution in [0.25, 0.3) is 11.0 Å². The second-order valence-electron chi connectivity index (χ2n) is 4.45. The summed E-state index contributed by atoms with van der Waals surface area (Å²) in [4.78, 5) is 8.53. The Hall–Kier alpha value is -1.92. The van der Waals surface area contributed by atoms with Crippen LogP contribution in [0, 0.1) is 0 Å². The van der Waals surface area contributed by atoms with Crippen LogP contribution in [-0.2, 0) is 0 Å². The van der Waals surface area contributed by atoms with Gasteiger partial charge in [-0.05, 0) is 19.1 Å². The second kappa shape index (κ2) is 4.75. The van der Waals surface area contributed by atoms with Crippen molar-refractivity contribution in [2.24, 2.45) is 0 Å². The Morgan fingerprint density at radius 3 is 2.50 bits per heavy atom. The van der Waals surface area contributed by atoms with Crippen molar-refractivity contribution in [1.82, 2.24) is 9.97 Å². The average molecular weight is 248 g/mol. The Labute approximate surface area is 104 Å². The van der Waals surface area contributed by atoms with E-state index in [2.05, 4.69) is 15.3 Å². The van der Waals surface area contributed by atoms with Crippen molar-refractivity contribution in [2.45, 2.75) is 12.5 Å². The largest absolute Gasteiger partial charge is 0.393 e. The van der Waals surface area contributed by atoms with Crippen molar-refractivity contribution in [1.29, 1.82) is 0 Å². The quantitative estimate of drug-likeness (QED) is 0.623. The number of nitrogens with one attached hydrogen (secondary N) is 1. The second-order valence-corrected chi connectivity index (χ2v) is 4.45. The summed E-state index contributed by atoms with van der Waals surface area (Å²) in [5.41, 5.74) is 5.99. The minimum Gasteiger partial charge on any atom is -0.393 e. The molecule has 1 aromatic carbocycles. The molecule has 0 aliphatic rings. The lowest BCUT2D eigenvalue weighted by Gasteiger charge is -2.21. The van der Waals surface area contributed by atoms with E-state index in [1.807, 2.05) is 24.3 Å². The van der Waals surface area contributed by atoms with Crippen molar-refractivity contribution in [2.75, 3.05) is 24.2 Å². The number of para-hydroxylation sites is 2. The Kier molecular flexibility index (Phi) is 3.31. The first-order valence-electron chi connectivity index (χ1n) is 5.61. The summed E-state index contributed by atoms with van der Waals surface area (Å²) in [6.45, 7) is 1.31. The normalized spacial score (nSPS) is 14.4. The summed E-state index contributed by atoms with van der Waals surface area (Å²) in [7, 11) is 0. The van der Waals surface area contributed by atoms with Gasteiger partial charge in [-0.3, -0.25) is 0 Å². The molecule has 0 aliphatic carbocycles. The fourth-order valence-corrected chi connectivity index (χ4v) is 1.47. The van der Waals surface area contributed by atoms with Crippen molar-refractivity contribution in [3.63, 3.8) is 0 Å². The number of nitrogens with zero attached hydrogens (tertiary/aromatic N) is 2. The molecule has 6 nitrogen and oxygen atoms in total. The average Bonchev–Trinajstić information content (AvgIpc) is 2.36. The number of nitrogen functional groups attached to an aromatic ring is 1. The summed E-state index contributed by atoms with van der Waals surface area (Å²) in [5, 5.41) is 21.5. The molecular formula is C12H16N4O2. The fraction of sp³-hybridized carbons (Fsp3) is 0.333. The zero-order valence-electron chi connectivity index (χ0n) is 10.1. The van der Waals surface area contributed by atoms with Crippen LogP contribution in [0.1, 0.15) is 6.92 Å². The van der Waals surface area contributed by atoms with Gasteiger partial charge in [0, 0.05) is 6.54 Å². The van der Waals surface area contributed by atoms with E-state index in [1.54, 1.807) is 0 Å². The summed E-state index contributed by atoms with van der Waals surface area (Å²) in [6, 6.07) is 7.38. The first-order chi connectivity index (χ1) is 8.52. The Morgan fingerprint density at radius 1 is 1.28 bits per heavy atom. The van der Waals surface area contributed by atoms with Gasteiger partial charge in [-0.15, -0.1) is 0 Å². The predicted octanol–water partition coefficient (Wildman–Crippen LogP) is 0.367. The number of fused-ring (bicyclic) bond motifs is 1. The number of benzene rings is 1. The highest BCUT2D eigenvalue weighted by Crippen LogP contribution is 2.18. The van der Waals surface area contributed by atoms with E-state index in [0.717, 1.165) is 11.0 Å². The number of nitrogens with two attached hydrogens (primary N) is 1. The van der Waals surface area contributed by atoms with Crippen LogP contribution in [-0.4, -0.2) is 38.9 Å². The van der Waals surface area contributed by atoms with Gasteiger partial charge in [0.05, 0.1) is 17.6 Å². The number of aromatic nitrogens is 2. The van der Waals surface area contributed by atoms with Crippen LogP contribution in [0.5, 0.6) is 0 Å². The number of hydrogen-bond acceptors (Lipinski definition) is 6. The lowest BCUT2D eigenvalue weighted by atomic mass is 10.1. The molecule has 1 atom stereocenters. The van der Waals surface area contributed by atoms with Gasteiger partial charge in [-0.1, -0.05) is 12.1 Å². The van der Waals surface area contributed by atoms with E-state index in [9.17, 15) is 5.11 Å². The molecule has 1 aromatic heterocycles. The zero-order chi connectivity index (χ0) is 13.2. The molecule has 0 saturated carbocycles. The predicted molar refractivity (Wildman–Crippen MR) is 70.1 cm³/mol. The molecule has 96 valence electrons. The zero-order valence-corrected chi connectivity index (χ0v) is 10.1. The van der Waals surface area contributed by atoms with E-state index in [4.69, 9.17) is 10.8 Å². The van der Waals surface area contributed by atoms with Crippen LogP contribution in [0.2, 0.25) is 0 Å². The summed E-state index contributed by atoms with van der Waals surface area (Å²) in [6.07, 6.45) is 0. The molecule has 0 saturated heterocycles. The molecular weight excluding hydrogens is 232 g/mol. The first-order valence-corrected chi connectivity index (χ1v) is 5.61. The van der Waals surface area contributed by atoms with Crippen molar-refractivity contribution in [3.05, 3.63) is 24.3 Å². The maximum Gasteiger partial charge on any atom is 0.169 e. The standard InChI is InChI=1S/C12H16N4O2/c1-12(18,7-17)6-14-11-10(13)15-8-4-2-3-5-9(8)16-11/h2-5,17-18H,6-7H2,1H3,(H2,13,15)(H,14,16). The third-order valence-corrected chi connectivity index (χ3v) is 2.57. The van der Waals surface area contributed by atoms with Gasteiger partial charge < -0.3 is 21.3 Å². The molecule has 0 bridgehead atoms. The highest BCUT2D eigenvalue weighted by molar-refractivity contribution is 5.79. The number of aliphatic hydroxyl groups excluding tert-OH is 1. The SMILES string of the molecule is CC(O)(CO)CNc1nc2ccccc2nc1N. The smallest absolute Gasteiger partial charge is 0.169 e. The van der Waals surface area contributed by atoms with E-state index in [-0.39, 0.29) is 19.0 Å². The molecule has 0 amide bonds. The Balaban J connectivity index is 2.25. The number of aliphatic hydroxyl groups is 2. The Bertz CT molecular complexity index is 557. The number of hydrogen-bond donors (Lipinski definition) is 4. The molecule has 2 rings (SSSR count). The van der Waals surface area contributed by atoms with Crippen LogP contribution in [0.15, 0.2) is 24.3 Å².